The van der Waals surface area contributed by atoms with E-state index in [1.807, 2.05) is 11.3 Å². The smallest absolute Gasteiger partial charge is 0.236 e. The minimum Gasteiger partial charge on any atom is -0.300 e. The summed E-state index contributed by atoms with van der Waals surface area (Å²) in [5, 5.41) is 22.3. The van der Waals surface area contributed by atoms with Crippen molar-refractivity contribution in [2.24, 2.45) is 0 Å². The van der Waals surface area contributed by atoms with Crippen molar-refractivity contribution in [2.45, 2.75) is 32.3 Å². The largest absolute Gasteiger partial charge is 0.300 e. The topological polar surface area (TPSA) is 98.0 Å². The lowest BCUT2D eigenvalue weighted by Gasteiger charge is -2.01. The number of hydrogen-bond acceptors (Lipinski definition) is 9. The molecule has 11 heteroatoms. The Morgan fingerprint density at radius 1 is 1.23 bits per heavy atom. The Balaban J connectivity index is 1.52. The summed E-state index contributed by atoms with van der Waals surface area (Å²) < 4.78 is 1.83. The quantitative estimate of drug-likeness (QED) is 0.509. The van der Waals surface area contributed by atoms with E-state index in [0.717, 1.165) is 27.3 Å². The maximum atomic E-state index is 12.1. The fourth-order valence-electron chi connectivity index (χ4n) is 2.46. The highest BCUT2D eigenvalue weighted by Gasteiger charge is 2.16. The third-order valence-corrected chi connectivity index (χ3v) is 6.93. The van der Waals surface area contributed by atoms with Crippen LogP contribution in [0.15, 0.2) is 11.5 Å². The molecule has 134 valence electrons. The van der Waals surface area contributed by atoms with E-state index in [9.17, 15) is 4.79 Å². The van der Waals surface area contributed by atoms with Gasteiger partial charge in [0.15, 0.2) is 10.8 Å². The van der Waals surface area contributed by atoms with Crippen molar-refractivity contribution in [1.82, 2.24) is 29.8 Å². The Hall–Kier alpha value is -2.11. The highest BCUT2D eigenvalue weighted by Crippen LogP contribution is 2.32. The molecule has 4 aromatic rings. The molecule has 0 atom stereocenters. The van der Waals surface area contributed by atoms with Crippen molar-refractivity contribution >= 4 is 61.3 Å². The van der Waals surface area contributed by atoms with Gasteiger partial charge in [-0.3, -0.25) is 14.5 Å². The van der Waals surface area contributed by atoms with Crippen molar-refractivity contribution < 1.29 is 4.79 Å². The number of fused-ring (bicyclic) bond motifs is 3. The Kier molecular flexibility index (Phi) is 4.59. The number of carbonyl (C=O) groups is 1. The van der Waals surface area contributed by atoms with Crippen molar-refractivity contribution in [1.29, 1.82) is 0 Å². The summed E-state index contributed by atoms with van der Waals surface area (Å²) in [6, 6.07) is 0. The first-order chi connectivity index (χ1) is 12.6. The first-order valence-electron chi connectivity index (χ1n) is 7.91. The number of amides is 1. The second-order valence-electron chi connectivity index (χ2n) is 5.58. The highest BCUT2D eigenvalue weighted by atomic mass is 32.2. The third-order valence-electron chi connectivity index (χ3n) is 3.89. The van der Waals surface area contributed by atoms with Gasteiger partial charge in [-0.15, -0.1) is 31.7 Å². The van der Waals surface area contributed by atoms with Crippen molar-refractivity contribution in [3.05, 3.63) is 21.8 Å². The Morgan fingerprint density at radius 3 is 2.85 bits per heavy atom. The lowest BCUT2D eigenvalue weighted by atomic mass is 10.2. The van der Waals surface area contributed by atoms with Gasteiger partial charge in [0.25, 0.3) is 0 Å². The number of nitrogens with zero attached hydrogens (tertiary/aromatic N) is 6. The molecule has 0 saturated carbocycles. The van der Waals surface area contributed by atoms with Crippen LogP contribution in [0.2, 0.25) is 0 Å². The first kappa shape index (κ1) is 17.3. The van der Waals surface area contributed by atoms with Crippen LogP contribution in [-0.2, 0) is 11.2 Å². The number of hydrogen-bond donors (Lipinski definition) is 1. The molecule has 0 bridgehead atoms. The minimum atomic E-state index is -0.151. The molecule has 0 unspecified atom stereocenters. The molecule has 0 radical (unpaired) electrons. The minimum absolute atomic E-state index is 0.151. The van der Waals surface area contributed by atoms with E-state index in [1.54, 1.807) is 17.7 Å². The maximum Gasteiger partial charge on any atom is 0.236 e. The molecule has 8 nitrogen and oxygen atoms in total. The van der Waals surface area contributed by atoms with E-state index >= 15 is 0 Å². The normalized spacial score (nSPS) is 11.5. The summed E-state index contributed by atoms with van der Waals surface area (Å²) in [6.45, 7) is 6.14. The van der Waals surface area contributed by atoms with Gasteiger partial charge in [0, 0.05) is 4.88 Å². The number of thiophene rings is 1. The maximum absolute atomic E-state index is 12.1. The van der Waals surface area contributed by atoms with Gasteiger partial charge in [0.05, 0.1) is 11.1 Å². The summed E-state index contributed by atoms with van der Waals surface area (Å²) in [5.41, 5.74) is 1.95. The molecule has 26 heavy (non-hydrogen) atoms. The molecule has 0 fully saturated rings. The third kappa shape index (κ3) is 3.06. The second-order valence-corrected chi connectivity index (χ2v) is 8.78. The highest BCUT2D eigenvalue weighted by molar-refractivity contribution is 7.99. The summed E-state index contributed by atoms with van der Waals surface area (Å²) >= 11 is 4.35. The number of thioether (sulfide) groups is 1. The SMILES string of the molecule is CCc1nnc(NC(=O)CSc2nnc3c4c(C)c(C)sc4ncn23)s1. The molecule has 0 aliphatic rings. The molecular formula is C15H15N7OS3. The Labute approximate surface area is 161 Å². The van der Waals surface area contributed by atoms with Gasteiger partial charge in [0.2, 0.25) is 11.0 Å². The van der Waals surface area contributed by atoms with Gasteiger partial charge in [0.1, 0.15) is 16.2 Å². The van der Waals surface area contributed by atoms with Crippen LogP contribution >= 0.6 is 34.4 Å². The second kappa shape index (κ2) is 6.89. The van der Waals surface area contributed by atoms with Crippen LogP contribution in [-0.4, -0.2) is 41.4 Å². The molecule has 4 heterocycles. The number of anilines is 1. The van der Waals surface area contributed by atoms with E-state index < -0.39 is 0 Å². The molecule has 1 amide bonds. The van der Waals surface area contributed by atoms with Crippen LogP contribution in [0.1, 0.15) is 22.4 Å². The van der Waals surface area contributed by atoms with Gasteiger partial charge < -0.3 is 0 Å². The van der Waals surface area contributed by atoms with Crippen molar-refractivity contribution in [2.75, 3.05) is 11.1 Å². The Morgan fingerprint density at radius 2 is 2.08 bits per heavy atom. The molecule has 0 saturated heterocycles. The van der Waals surface area contributed by atoms with Crippen LogP contribution in [0.4, 0.5) is 5.13 Å². The van der Waals surface area contributed by atoms with E-state index in [2.05, 4.69) is 44.5 Å². The standard InChI is InChI=1S/C15H15N7OS3/c1-4-10-18-20-14(26-10)17-9(23)5-24-15-21-19-12-11-7(2)8(3)25-13(11)16-6-22(12)15/h6H,4-5H2,1-3H3,(H,17,20,23). The first-order valence-corrected chi connectivity index (χ1v) is 10.5. The number of carbonyl (C=O) groups excluding carboxylic acids is 1. The van der Waals surface area contributed by atoms with E-state index in [0.29, 0.717) is 10.3 Å². The lowest BCUT2D eigenvalue weighted by Crippen LogP contribution is -2.14. The van der Waals surface area contributed by atoms with Crippen LogP contribution < -0.4 is 5.32 Å². The zero-order valence-electron chi connectivity index (χ0n) is 14.3. The molecule has 0 spiro atoms. The van der Waals surface area contributed by atoms with Gasteiger partial charge in [-0.25, -0.2) is 4.98 Å². The van der Waals surface area contributed by atoms with E-state index in [-0.39, 0.29) is 11.7 Å². The summed E-state index contributed by atoms with van der Waals surface area (Å²) in [4.78, 5) is 18.8. The number of aryl methyl sites for hydroxylation is 3. The monoisotopic (exact) mass is 405 g/mol. The fourth-order valence-corrected chi connectivity index (χ4v) is 4.85. The average Bonchev–Trinajstić information content (AvgIpc) is 3.31. The average molecular weight is 406 g/mol. The Bertz CT molecular complexity index is 1110. The number of rotatable bonds is 5. The zero-order chi connectivity index (χ0) is 18.3. The fraction of sp³-hybridized carbons (Fsp3) is 0.333. The van der Waals surface area contributed by atoms with Crippen LogP contribution in [0.3, 0.4) is 0 Å². The summed E-state index contributed by atoms with van der Waals surface area (Å²) in [7, 11) is 0. The van der Waals surface area contributed by atoms with Gasteiger partial charge >= 0.3 is 0 Å². The van der Waals surface area contributed by atoms with Crippen molar-refractivity contribution in [3.63, 3.8) is 0 Å². The van der Waals surface area contributed by atoms with Crippen molar-refractivity contribution in [3.8, 4) is 0 Å². The lowest BCUT2D eigenvalue weighted by molar-refractivity contribution is -0.113. The van der Waals surface area contributed by atoms with E-state index in [1.165, 1.54) is 33.5 Å². The molecule has 0 aliphatic heterocycles. The van der Waals surface area contributed by atoms with Crippen LogP contribution in [0, 0.1) is 13.8 Å². The molecule has 1 N–H and O–H groups in total. The predicted molar refractivity (Wildman–Crippen MR) is 104 cm³/mol. The molecule has 0 aliphatic carbocycles. The van der Waals surface area contributed by atoms with Crippen LogP contribution in [0.5, 0.6) is 0 Å². The molecule has 4 aromatic heterocycles. The number of nitrogens with one attached hydrogen (secondary N) is 1. The predicted octanol–water partition coefficient (Wildman–Crippen LogP) is 3.10. The van der Waals surface area contributed by atoms with Crippen LogP contribution in [0.25, 0.3) is 15.9 Å². The van der Waals surface area contributed by atoms with Gasteiger partial charge in [-0.1, -0.05) is 30.0 Å². The number of aromatic nitrogens is 6. The van der Waals surface area contributed by atoms with E-state index in [4.69, 9.17) is 0 Å². The molecule has 0 aromatic carbocycles. The summed E-state index contributed by atoms with van der Waals surface area (Å²) in [5.74, 6) is 0.0590. The van der Waals surface area contributed by atoms with Gasteiger partial charge in [-0.2, -0.15) is 0 Å². The molecular weight excluding hydrogens is 390 g/mol. The zero-order valence-corrected chi connectivity index (χ0v) is 16.8. The summed E-state index contributed by atoms with van der Waals surface area (Å²) in [6.07, 6.45) is 2.52. The molecule has 4 rings (SSSR count). The van der Waals surface area contributed by atoms with Gasteiger partial charge in [-0.05, 0) is 25.8 Å².